The lowest BCUT2D eigenvalue weighted by Gasteiger charge is -2.34. The number of anilines is 1. The number of likely N-dealkylation sites (N-methyl/N-ethyl adjacent to an activating group) is 1. The van der Waals surface area contributed by atoms with Crippen LogP contribution in [0.3, 0.4) is 0 Å². The Balaban J connectivity index is 1.50. The first-order valence-corrected chi connectivity index (χ1v) is 10.6. The first-order valence-electron chi connectivity index (χ1n) is 10.6. The van der Waals surface area contributed by atoms with E-state index in [1.54, 1.807) is 4.90 Å². The zero-order valence-electron chi connectivity index (χ0n) is 17.5. The van der Waals surface area contributed by atoms with Gasteiger partial charge in [-0.15, -0.1) is 0 Å². The second-order valence-corrected chi connectivity index (χ2v) is 7.73. The van der Waals surface area contributed by atoms with Crippen LogP contribution in [0.1, 0.15) is 38.8 Å². The lowest BCUT2D eigenvalue weighted by Crippen LogP contribution is -2.52. The molecule has 1 saturated heterocycles. The topological polar surface area (TPSA) is 73.7 Å². The molecule has 8 nitrogen and oxygen atoms in total. The molecule has 0 radical (unpaired) electrons. The molecular weight excluding hydrogens is 356 g/mol. The van der Waals surface area contributed by atoms with Crippen molar-refractivity contribution in [3.63, 3.8) is 0 Å². The first kappa shape index (κ1) is 20.8. The fourth-order valence-corrected chi connectivity index (χ4v) is 4.12. The van der Waals surface area contributed by atoms with Crippen LogP contribution in [-0.2, 0) is 16.1 Å². The van der Waals surface area contributed by atoms with Gasteiger partial charge < -0.3 is 15.1 Å². The maximum absolute atomic E-state index is 12.8. The molecule has 156 valence electrons. The number of aryl methyl sites for hydroxylation is 2. The van der Waals surface area contributed by atoms with E-state index in [0.29, 0.717) is 25.9 Å². The van der Waals surface area contributed by atoms with Gasteiger partial charge >= 0.3 is 0 Å². The normalized spacial score (nSPS) is 19.5. The van der Waals surface area contributed by atoms with Crippen molar-refractivity contribution in [1.29, 1.82) is 0 Å². The van der Waals surface area contributed by atoms with E-state index < -0.39 is 6.04 Å². The van der Waals surface area contributed by atoms with Crippen molar-refractivity contribution >= 4 is 17.6 Å². The van der Waals surface area contributed by atoms with Crippen LogP contribution in [0.15, 0.2) is 6.07 Å². The standard InChI is InChI=1S/C20H34N6O2/c1-4-17(26-18-15-16(3)22-25(18)10-7-19(26)27)20(28)21-8-6-9-24-13-11-23(5-2)12-14-24/h15,17H,4-14H2,1-3H3,(H,21,28). The number of fused-ring (bicyclic) bond motifs is 1. The average molecular weight is 391 g/mol. The molecule has 0 aromatic carbocycles. The quantitative estimate of drug-likeness (QED) is 0.666. The summed E-state index contributed by atoms with van der Waals surface area (Å²) in [5, 5.41) is 7.48. The number of hydrogen-bond acceptors (Lipinski definition) is 5. The van der Waals surface area contributed by atoms with Crippen molar-refractivity contribution < 1.29 is 9.59 Å². The molecule has 1 unspecified atom stereocenters. The van der Waals surface area contributed by atoms with Crippen molar-refractivity contribution in [2.45, 2.75) is 52.6 Å². The molecule has 0 saturated carbocycles. The first-order chi connectivity index (χ1) is 13.5. The molecule has 28 heavy (non-hydrogen) atoms. The van der Waals surface area contributed by atoms with E-state index in [9.17, 15) is 9.59 Å². The molecular formula is C20H34N6O2. The van der Waals surface area contributed by atoms with Gasteiger partial charge in [0.1, 0.15) is 11.9 Å². The Bertz CT molecular complexity index is 680. The summed E-state index contributed by atoms with van der Waals surface area (Å²) in [6, 6.07) is 1.42. The largest absolute Gasteiger partial charge is 0.354 e. The average Bonchev–Trinajstić information content (AvgIpc) is 3.08. The van der Waals surface area contributed by atoms with Crippen LogP contribution < -0.4 is 10.2 Å². The van der Waals surface area contributed by atoms with Crippen LogP contribution in [0.2, 0.25) is 0 Å². The molecule has 0 spiro atoms. The van der Waals surface area contributed by atoms with E-state index in [1.165, 1.54) is 0 Å². The van der Waals surface area contributed by atoms with Gasteiger partial charge in [-0.2, -0.15) is 5.10 Å². The third-order valence-electron chi connectivity index (χ3n) is 5.80. The number of carbonyl (C=O) groups excluding carboxylic acids is 2. The molecule has 1 aromatic rings. The molecule has 2 amide bonds. The van der Waals surface area contributed by atoms with Gasteiger partial charge in [0.2, 0.25) is 11.8 Å². The van der Waals surface area contributed by atoms with Crippen LogP contribution in [0.25, 0.3) is 0 Å². The zero-order valence-corrected chi connectivity index (χ0v) is 17.5. The Kier molecular flexibility index (Phi) is 7.07. The van der Waals surface area contributed by atoms with E-state index in [4.69, 9.17) is 0 Å². The molecule has 3 rings (SSSR count). The molecule has 2 aliphatic heterocycles. The second-order valence-electron chi connectivity index (χ2n) is 7.73. The predicted octanol–water partition coefficient (Wildman–Crippen LogP) is 0.851. The minimum absolute atomic E-state index is 0.00296. The molecule has 1 N–H and O–H groups in total. The summed E-state index contributed by atoms with van der Waals surface area (Å²) in [6.07, 6.45) is 1.90. The molecule has 2 aliphatic rings. The van der Waals surface area contributed by atoms with Crippen molar-refractivity contribution in [2.24, 2.45) is 0 Å². The number of piperazine rings is 1. The maximum Gasteiger partial charge on any atom is 0.243 e. The third-order valence-corrected chi connectivity index (χ3v) is 5.80. The summed E-state index contributed by atoms with van der Waals surface area (Å²) in [7, 11) is 0. The van der Waals surface area contributed by atoms with Crippen LogP contribution in [0, 0.1) is 6.92 Å². The van der Waals surface area contributed by atoms with Gasteiger partial charge in [0, 0.05) is 45.2 Å². The monoisotopic (exact) mass is 390 g/mol. The Morgan fingerprint density at radius 2 is 1.89 bits per heavy atom. The third kappa shape index (κ3) is 4.72. The molecule has 1 atom stereocenters. The summed E-state index contributed by atoms with van der Waals surface area (Å²) < 4.78 is 1.84. The van der Waals surface area contributed by atoms with Crippen molar-refractivity contribution in [3.8, 4) is 0 Å². The minimum Gasteiger partial charge on any atom is -0.354 e. The van der Waals surface area contributed by atoms with Crippen molar-refractivity contribution in [2.75, 3.05) is 50.7 Å². The fourth-order valence-electron chi connectivity index (χ4n) is 4.12. The number of aromatic nitrogens is 2. The summed E-state index contributed by atoms with van der Waals surface area (Å²) in [5.74, 6) is 0.673. The number of nitrogens with zero attached hydrogens (tertiary/aromatic N) is 5. The highest BCUT2D eigenvalue weighted by molar-refractivity contribution is 6.00. The van der Waals surface area contributed by atoms with Gasteiger partial charge in [-0.3, -0.25) is 14.5 Å². The van der Waals surface area contributed by atoms with Crippen molar-refractivity contribution in [1.82, 2.24) is 24.9 Å². The number of carbonyl (C=O) groups is 2. The van der Waals surface area contributed by atoms with Crippen LogP contribution in [0.5, 0.6) is 0 Å². The Morgan fingerprint density at radius 1 is 1.18 bits per heavy atom. The van der Waals surface area contributed by atoms with E-state index >= 15 is 0 Å². The van der Waals surface area contributed by atoms with E-state index in [2.05, 4.69) is 27.1 Å². The van der Waals surface area contributed by atoms with Gasteiger partial charge in [-0.05, 0) is 32.9 Å². The van der Waals surface area contributed by atoms with Gasteiger partial charge in [0.05, 0.1) is 12.2 Å². The van der Waals surface area contributed by atoms with Gasteiger partial charge in [0.15, 0.2) is 0 Å². The Labute approximate surface area is 167 Å². The minimum atomic E-state index is -0.476. The smallest absolute Gasteiger partial charge is 0.243 e. The summed E-state index contributed by atoms with van der Waals surface area (Å²) in [4.78, 5) is 31.9. The molecule has 0 aliphatic carbocycles. The number of nitrogens with one attached hydrogen (secondary N) is 1. The maximum atomic E-state index is 12.8. The number of amides is 2. The highest BCUT2D eigenvalue weighted by Gasteiger charge is 2.34. The SMILES string of the molecule is CCC(C(=O)NCCCN1CCN(CC)CC1)N1C(=O)CCn2nc(C)cc21. The summed E-state index contributed by atoms with van der Waals surface area (Å²) >= 11 is 0. The summed E-state index contributed by atoms with van der Waals surface area (Å²) in [6.45, 7) is 13.9. The van der Waals surface area contributed by atoms with Crippen LogP contribution >= 0.6 is 0 Å². The van der Waals surface area contributed by atoms with Gasteiger partial charge in [0.25, 0.3) is 0 Å². The second kappa shape index (κ2) is 9.52. The molecule has 1 aromatic heterocycles. The van der Waals surface area contributed by atoms with Crippen LogP contribution in [0.4, 0.5) is 5.82 Å². The molecule has 8 heteroatoms. The predicted molar refractivity (Wildman–Crippen MR) is 109 cm³/mol. The van der Waals surface area contributed by atoms with Gasteiger partial charge in [-0.25, -0.2) is 4.68 Å². The lowest BCUT2D eigenvalue weighted by atomic mass is 10.1. The van der Waals surface area contributed by atoms with E-state index in [-0.39, 0.29) is 11.8 Å². The van der Waals surface area contributed by atoms with Crippen molar-refractivity contribution in [3.05, 3.63) is 11.8 Å². The lowest BCUT2D eigenvalue weighted by molar-refractivity contribution is -0.127. The Hall–Kier alpha value is -1.93. The van der Waals surface area contributed by atoms with E-state index in [0.717, 1.165) is 57.2 Å². The van der Waals surface area contributed by atoms with E-state index in [1.807, 2.05) is 24.6 Å². The number of hydrogen-bond donors (Lipinski definition) is 1. The number of rotatable bonds is 8. The molecule has 3 heterocycles. The fraction of sp³-hybridized carbons (Fsp3) is 0.750. The van der Waals surface area contributed by atoms with Crippen LogP contribution in [-0.4, -0.2) is 83.2 Å². The highest BCUT2D eigenvalue weighted by atomic mass is 16.2. The highest BCUT2D eigenvalue weighted by Crippen LogP contribution is 2.26. The summed E-state index contributed by atoms with van der Waals surface area (Å²) in [5.41, 5.74) is 0.869. The Morgan fingerprint density at radius 3 is 2.57 bits per heavy atom. The zero-order chi connectivity index (χ0) is 20.1. The molecule has 0 bridgehead atoms. The molecule has 1 fully saturated rings. The van der Waals surface area contributed by atoms with Gasteiger partial charge in [-0.1, -0.05) is 13.8 Å².